The van der Waals surface area contributed by atoms with Crippen LogP contribution in [0.15, 0.2) is 60.9 Å². The first-order valence-electron chi connectivity index (χ1n) is 9.76. The summed E-state index contributed by atoms with van der Waals surface area (Å²) in [6, 6.07) is 15.9. The third-order valence-corrected chi connectivity index (χ3v) is 5.27. The minimum atomic E-state index is 0.00533. The van der Waals surface area contributed by atoms with Gasteiger partial charge in [0.2, 0.25) is 0 Å². The van der Waals surface area contributed by atoms with Crippen LogP contribution in [-0.2, 0) is 11.3 Å². The molecule has 0 unspecified atom stereocenters. The molecule has 5 heteroatoms. The zero-order chi connectivity index (χ0) is 19.3. The van der Waals surface area contributed by atoms with E-state index in [9.17, 15) is 4.79 Å². The van der Waals surface area contributed by atoms with Crippen molar-refractivity contribution < 1.29 is 9.53 Å². The average Bonchev–Trinajstić information content (AvgIpc) is 3.43. The molecule has 4 rings (SSSR count). The third-order valence-electron chi connectivity index (χ3n) is 5.27. The number of hydrogen-bond acceptors (Lipinski definition) is 3. The maximum absolute atomic E-state index is 13.6. The lowest BCUT2D eigenvalue weighted by atomic mass is 10.0. The van der Waals surface area contributed by atoms with Gasteiger partial charge in [-0.25, -0.2) is 4.98 Å². The van der Waals surface area contributed by atoms with E-state index in [1.165, 1.54) is 5.56 Å². The first-order valence-corrected chi connectivity index (χ1v) is 9.76. The summed E-state index contributed by atoms with van der Waals surface area (Å²) in [4.78, 5) is 23.0. The van der Waals surface area contributed by atoms with Gasteiger partial charge in [-0.3, -0.25) is 4.79 Å². The number of nitrogens with one attached hydrogen (secondary N) is 1. The fourth-order valence-corrected chi connectivity index (χ4v) is 3.71. The Morgan fingerprint density at radius 1 is 1.21 bits per heavy atom. The molecule has 2 aromatic carbocycles. The molecule has 3 aromatic rings. The summed E-state index contributed by atoms with van der Waals surface area (Å²) >= 11 is 0. The Labute approximate surface area is 165 Å². The predicted octanol–water partition coefficient (Wildman–Crippen LogP) is 4.21. The van der Waals surface area contributed by atoms with Crippen molar-refractivity contribution in [2.75, 3.05) is 13.2 Å². The van der Waals surface area contributed by atoms with E-state index in [4.69, 9.17) is 4.74 Å². The Balaban J connectivity index is 1.66. The van der Waals surface area contributed by atoms with Gasteiger partial charge in [-0.2, -0.15) is 0 Å². The van der Waals surface area contributed by atoms with Gasteiger partial charge in [0.25, 0.3) is 5.91 Å². The van der Waals surface area contributed by atoms with E-state index >= 15 is 0 Å². The zero-order valence-corrected chi connectivity index (χ0v) is 16.1. The Hall–Kier alpha value is -2.92. The van der Waals surface area contributed by atoms with E-state index in [0.29, 0.717) is 24.5 Å². The number of rotatable bonds is 6. The maximum Gasteiger partial charge on any atom is 0.254 e. The average molecular weight is 375 g/mol. The highest BCUT2D eigenvalue weighted by atomic mass is 16.5. The van der Waals surface area contributed by atoms with Crippen molar-refractivity contribution in [2.24, 2.45) is 0 Å². The van der Waals surface area contributed by atoms with Crippen LogP contribution in [-0.4, -0.2) is 40.0 Å². The molecule has 1 amide bonds. The van der Waals surface area contributed by atoms with Crippen LogP contribution in [0.2, 0.25) is 0 Å². The molecule has 1 N–H and O–H groups in total. The molecule has 0 aliphatic carbocycles. The second kappa shape index (κ2) is 8.40. The molecule has 1 aliphatic rings. The lowest BCUT2D eigenvalue weighted by Crippen LogP contribution is -2.37. The molecule has 1 aromatic heterocycles. The molecule has 28 heavy (non-hydrogen) atoms. The summed E-state index contributed by atoms with van der Waals surface area (Å²) in [7, 11) is 0. The van der Waals surface area contributed by atoms with Crippen LogP contribution in [0.4, 0.5) is 0 Å². The molecular weight excluding hydrogens is 350 g/mol. The van der Waals surface area contributed by atoms with Crippen LogP contribution < -0.4 is 0 Å². The molecule has 5 nitrogen and oxygen atoms in total. The fraction of sp³-hybridized carbons (Fsp3) is 0.304. The van der Waals surface area contributed by atoms with Crippen molar-refractivity contribution in [1.82, 2.24) is 14.9 Å². The normalized spacial score (nSPS) is 16.2. The van der Waals surface area contributed by atoms with Gasteiger partial charge in [0.05, 0.1) is 11.7 Å². The number of ether oxygens (including phenoxy) is 1. The molecule has 144 valence electrons. The van der Waals surface area contributed by atoms with Crippen molar-refractivity contribution in [1.29, 1.82) is 0 Å². The van der Waals surface area contributed by atoms with Gasteiger partial charge in [-0.05, 0) is 37.0 Å². The van der Waals surface area contributed by atoms with Crippen molar-refractivity contribution in [2.45, 2.75) is 32.4 Å². The Morgan fingerprint density at radius 2 is 2.04 bits per heavy atom. The summed E-state index contributed by atoms with van der Waals surface area (Å²) < 4.78 is 5.83. The molecule has 0 bridgehead atoms. The highest BCUT2D eigenvalue weighted by Crippen LogP contribution is 2.24. The van der Waals surface area contributed by atoms with Crippen LogP contribution in [0.3, 0.4) is 0 Å². The summed E-state index contributed by atoms with van der Waals surface area (Å²) in [5.41, 5.74) is 3.82. The van der Waals surface area contributed by atoms with Crippen molar-refractivity contribution >= 4 is 5.91 Å². The summed E-state index contributed by atoms with van der Waals surface area (Å²) in [5.74, 6) is 0.711. The van der Waals surface area contributed by atoms with Crippen molar-refractivity contribution in [3.05, 3.63) is 77.6 Å². The number of nitrogens with zero attached hydrogens (tertiary/aromatic N) is 2. The molecule has 1 atom stereocenters. The first-order chi connectivity index (χ1) is 13.7. The second-order valence-electron chi connectivity index (χ2n) is 7.23. The highest BCUT2D eigenvalue weighted by molar-refractivity contribution is 6.00. The summed E-state index contributed by atoms with van der Waals surface area (Å²) in [5, 5.41) is 0. The predicted molar refractivity (Wildman–Crippen MR) is 109 cm³/mol. The van der Waals surface area contributed by atoms with Crippen molar-refractivity contribution in [3.8, 4) is 11.4 Å². The Bertz CT molecular complexity index is 931. The van der Waals surface area contributed by atoms with Gasteiger partial charge in [-0.15, -0.1) is 0 Å². The number of aromatic nitrogens is 2. The standard InChI is InChI=1S/C23H25N3O2/c1-17-7-2-3-8-18(17)15-26(16-19-9-6-14-28-19)23(27)21-11-5-4-10-20(21)22-24-12-13-25-22/h2-5,7-8,10-13,19H,6,9,14-16H2,1H3,(H,24,25)/t19-/m0/s1. The van der Waals surface area contributed by atoms with E-state index in [1.807, 2.05) is 41.3 Å². The smallest absolute Gasteiger partial charge is 0.254 e. The fourth-order valence-electron chi connectivity index (χ4n) is 3.71. The van der Waals surface area contributed by atoms with Crippen LogP contribution in [0.25, 0.3) is 11.4 Å². The van der Waals surface area contributed by atoms with Crippen LogP contribution in [0.1, 0.15) is 34.3 Å². The van der Waals surface area contributed by atoms with Crippen molar-refractivity contribution in [3.63, 3.8) is 0 Å². The number of carbonyl (C=O) groups excluding carboxylic acids is 1. The largest absolute Gasteiger partial charge is 0.376 e. The highest BCUT2D eigenvalue weighted by Gasteiger charge is 2.26. The minimum absolute atomic E-state index is 0.00533. The van der Waals surface area contributed by atoms with Crippen LogP contribution >= 0.6 is 0 Å². The number of benzene rings is 2. The number of carbonyl (C=O) groups is 1. The summed E-state index contributed by atoms with van der Waals surface area (Å²) in [6.07, 6.45) is 5.63. The maximum atomic E-state index is 13.6. The van der Waals surface area contributed by atoms with Gasteiger partial charge in [0.1, 0.15) is 5.82 Å². The number of imidazole rings is 1. The molecule has 1 aliphatic heterocycles. The van der Waals surface area contributed by atoms with Gasteiger partial charge in [-0.1, -0.05) is 42.5 Å². The Morgan fingerprint density at radius 3 is 2.79 bits per heavy atom. The third kappa shape index (κ3) is 3.99. The number of aryl methyl sites for hydroxylation is 1. The Kier molecular flexibility index (Phi) is 5.53. The monoisotopic (exact) mass is 375 g/mol. The van der Waals surface area contributed by atoms with Gasteiger partial charge in [0.15, 0.2) is 0 Å². The van der Waals surface area contributed by atoms with Crippen LogP contribution in [0.5, 0.6) is 0 Å². The molecule has 0 radical (unpaired) electrons. The molecule has 1 fully saturated rings. The van der Waals surface area contributed by atoms with Gasteiger partial charge < -0.3 is 14.6 Å². The van der Waals surface area contributed by atoms with Gasteiger partial charge >= 0.3 is 0 Å². The van der Waals surface area contributed by atoms with E-state index in [1.54, 1.807) is 12.4 Å². The number of amides is 1. The second-order valence-corrected chi connectivity index (χ2v) is 7.23. The van der Waals surface area contributed by atoms with E-state index in [-0.39, 0.29) is 12.0 Å². The summed E-state index contributed by atoms with van der Waals surface area (Å²) in [6.45, 7) is 4.03. The lowest BCUT2D eigenvalue weighted by Gasteiger charge is -2.27. The topological polar surface area (TPSA) is 58.2 Å². The molecule has 0 saturated carbocycles. The van der Waals surface area contributed by atoms with E-state index in [0.717, 1.165) is 30.6 Å². The van der Waals surface area contributed by atoms with E-state index in [2.05, 4.69) is 29.0 Å². The van der Waals surface area contributed by atoms with Gasteiger partial charge in [0, 0.05) is 37.7 Å². The molecule has 0 spiro atoms. The quantitative estimate of drug-likeness (QED) is 0.702. The minimum Gasteiger partial charge on any atom is -0.376 e. The molecule has 2 heterocycles. The number of H-pyrrole nitrogens is 1. The molecular formula is C23H25N3O2. The molecule has 1 saturated heterocycles. The number of aromatic amines is 1. The SMILES string of the molecule is Cc1ccccc1CN(C[C@@H]1CCCO1)C(=O)c1ccccc1-c1ncc[nH]1. The number of hydrogen-bond donors (Lipinski definition) is 1. The lowest BCUT2D eigenvalue weighted by molar-refractivity contribution is 0.0507. The van der Waals surface area contributed by atoms with Crippen LogP contribution in [0, 0.1) is 6.92 Å². The zero-order valence-electron chi connectivity index (χ0n) is 16.1. The first kappa shape index (κ1) is 18.4. The van der Waals surface area contributed by atoms with E-state index < -0.39 is 0 Å².